The van der Waals surface area contributed by atoms with Crippen LogP contribution in [0.25, 0.3) is 16.0 Å². The maximum atomic E-state index is 10.8. The number of carboxylic acids is 1. The van der Waals surface area contributed by atoms with Crippen molar-refractivity contribution in [1.29, 1.82) is 0 Å². The fourth-order valence-corrected chi connectivity index (χ4v) is 1.38. The summed E-state index contributed by atoms with van der Waals surface area (Å²) in [6.45, 7) is 1.50. The second-order valence-electron chi connectivity index (χ2n) is 2.81. The quantitative estimate of drug-likeness (QED) is 0.288. The third kappa shape index (κ3) is 2.50. The van der Waals surface area contributed by atoms with E-state index in [1.165, 1.54) is 13.1 Å². The molecule has 0 amide bonds. The smallest absolute Gasteiger partial charge is 0.338 e. The number of nitrogens with zero attached hydrogens (tertiary/aromatic N) is 4. The van der Waals surface area contributed by atoms with Gasteiger partial charge in [0.1, 0.15) is 10.9 Å². The number of carbonyl (C=O) groups is 1. The molecule has 0 unspecified atom stereocenters. The van der Waals surface area contributed by atoms with E-state index in [1.807, 2.05) is 0 Å². The van der Waals surface area contributed by atoms with Crippen LogP contribution in [0, 0.1) is 0 Å². The number of hydrogen-bond acceptors (Lipinski definition) is 3. The molecule has 0 aromatic carbocycles. The van der Waals surface area contributed by atoms with Crippen LogP contribution in [0.2, 0.25) is 5.15 Å². The first-order chi connectivity index (χ1) is 7.57. The lowest BCUT2D eigenvalue weighted by Crippen LogP contribution is -2.00. The number of allylic oxidation sites excluding steroid dienone is 1. The van der Waals surface area contributed by atoms with Crippen molar-refractivity contribution in [1.82, 2.24) is 4.98 Å². The Morgan fingerprint density at radius 1 is 1.69 bits per heavy atom. The van der Waals surface area contributed by atoms with Crippen molar-refractivity contribution in [3.8, 4) is 0 Å². The van der Waals surface area contributed by atoms with Gasteiger partial charge in [-0.05, 0) is 24.1 Å². The summed E-state index contributed by atoms with van der Waals surface area (Å²) in [7, 11) is 0. The van der Waals surface area contributed by atoms with Crippen LogP contribution in [0.15, 0.2) is 29.1 Å². The van der Waals surface area contributed by atoms with Gasteiger partial charge in [0.2, 0.25) is 0 Å². The van der Waals surface area contributed by atoms with E-state index < -0.39 is 11.7 Å². The molecule has 0 bridgehead atoms. The lowest BCUT2D eigenvalue weighted by molar-refractivity contribution is -0.132. The minimum absolute atomic E-state index is 0.159. The second kappa shape index (κ2) is 5.16. The molecule has 0 spiro atoms. The van der Waals surface area contributed by atoms with E-state index in [-0.39, 0.29) is 10.7 Å². The van der Waals surface area contributed by atoms with E-state index in [0.717, 1.165) is 0 Å². The van der Waals surface area contributed by atoms with Crippen molar-refractivity contribution in [2.75, 3.05) is 0 Å². The summed E-state index contributed by atoms with van der Waals surface area (Å²) < 4.78 is 0. The third-order valence-corrected chi connectivity index (χ3v) is 2.17. The van der Waals surface area contributed by atoms with Gasteiger partial charge in [-0.3, -0.25) is 0 Å². The second-order valence-corrected chi connectivity index (χ2v) is 3.17. The largest absolute Gasteiger partial charge is 0.478 e. The summed E-state index contributed by atoms with van der Waals surface area (Å²) in [5.74, 6) is -1.31. The van der Waals surface area contributed by atoms with E-state index in [2.05, 4.69) is 15.0 Å². The van der Waals surface area contributed by atoms with Gasteiger partial charge in [-0.15, -0.1) is 0 Å². The molecule has 1 heterocycles. The Hall–Kier alpha value is -2.04. The highest BCUT2D eigenvalue weighted by Crippen LogP contribution is 2.24. The molecular weight excluding hydrogens is 232 g/mol. The Morgan fingerprint density at radius 3 is 2.88 bits per heavy atom. The number of carboxylic acid groups (broad SMARTS) is 1. The van der Waals surface area contributed by atoms with Gasteiger partial charge >= 0.3 is 5.97 Å². The lowest BCUT2D eigenvalue weighted by atomic mass is 10.1. The maximum absolute atomic E-state index is 10.8. The number of pyridine rings is 1. The highest BCUT2D eigenvalue weighted by molar-refractivity contribution is 6.31. The van der Waals surface area contributed by atoms with Gasteiger partial charge < -0.3 is 5.11 Å². The molecular formula is C9H7ClN4O2. The molecule has 0 aliphatic heterocycles. The first-order valence-corrected chi connectivity index (χ1v) is 4.56. The molecule has 1 aromatic heterocycles. The zero-order chi connectivity index (χ0) is 12.1. The number of hydrogen-bond donors (Lipinski definition) is 1. The van der Waals surface area contributed by atoms with Crippen LogP contribution in [-0.2, 0) is 4.79 Å². The van der Waals surface area contributed by atoms with Gasteiger partial charge in [-0.25, -0.2) is 9.78 Å². The van der Waals surface area contributed by atoms with Crippen molar-refractivity contribution in [2.45, 2.75) is 6.92 Å². The van der Waals surface area contributed by atoms with Crippen molar-refractivity contribution >= 4 is 23.1 Å². The van der Waals surface area contributed by atoms with Crippen molar-refractivity contribution in [2.24, 2.45) is 5.11 Å². The molecule has 82 valence electrons. The highest BCUT2D eigenvalue weighted by Gasteiger charge is 2.13. The van der Waals surface area contributed by atoms with E-state index in [9.17, 15) is 4.79 Å². The molecule has 0 fully saturated rings. The van der Waals surface area contributed by atoms with Crippen LogP contribution in [0.1, 0.15) is 12.5 Å². The van der Waals surface area contributed by atoms with Gasteiger partial charge in [0, 0.05) is 16.7 Å². The number of azide groups is 1. The fraction of sp³-hybridized carbons (Fsp3) is 0.111. The van der Waals surface area contributed by atoms with Gasteiger partial charge in [0.05, 0.1) is 0 Å². The Morgan fingerprint density at radius 2 is 2.38 bits per heavy atom. The molecule has 0 saturated carbocycles. The van der Waals surface area contributed by atoms with E-state index in [1.54, 1.807) is 12.1 Å². The minimum Gasteiger partial charge on any atom is -0.478 e. The molecule has 6 nitrogen and oxygen atoms in total. The Bertz CT molecular complexity index is 502. The van der Waals surface area contributed by atoms with Crippen LogP contribution >= 0.6 is 11.6 Å². The highest BCUT2D eigenvalue weighted by atomic mass is 35.5. The molecule has 1 aromatic rings. The van der Waals surface area contributed by atoms with Gasteiger partial charge in [0.25, 0.3) is 0 Å². The zero-order valence-corrected chi connectivity index (χ0v) is 9.01. The van der Waals surface area contributed by atoms with Crippen LogP contribution in [-0.4, -0.2) is 16.1 Å². The molecule has 16 heavy (non-hydrogen) atoms. The van der Waals surface area contributed by atoms with Gasteiger partial charge in [0.15, 0.2) is 0 Å². The summed E-state index contributed by atoms with van der Waals surface area (Å²) in [6.07, 6.45) is 1.48. The van der Waals surface area contributed by atoms with Gasteiger partial charge in [-0.1, -0.05) is 22.8 Å². The van der Waals surface area contributed by atoms with Crippen LogP contribution in [0.3, 0.4) is 0 Å². The van der Waals surface area contributed by atoms with E-state index >= 15 is 0 Å². The maximum Gasteiger partial charge on any atom is 0.338 e. The molecule has 0 atom stereocenters. The lowest BCUT2D eigenvalue weighted by Gasteiger charge is -2.05. The normalized spacial score (nSPS) is 11.4. The minimum atomic E-state index is -1.31. The van der Waals surface area contributed by atoms with Crippen LogP contribution in [0.4, 0.5) is 0 Å². The Kier molecular flexibility index (Phi) is 3.88. The molecule has 1 rings (SSSR count). The predicted molar refractivity (Wildman–Crippen MR) is 58.6 cm³/mol. The summed E-state index contributed by atoms with van der Waals surface area (Å²) in [5, 5.41) is 12.1. The summed E-state index contributed by atoms with van der Waals surface area (Å²) in [6, 6.07) is 3.21. The van der Waals surface area contributed by atoms with E-state index in [0.29, 0.717) is 5.56 Å². The van der Waals surface area contributed by atoms with Crippen molar-refractivity contribution in [3.05, 3.63) is 45.2 Å². The first-order valence-electron chi connectivity index (χ1n) is 4.18. The predicted octanol–water partition coefficient (Wildman–Crippen LogP) is 2.86. The average Bonchev–Trinajstić information content (AvgIpc) is 2.25. The molecule has 0 saturated heterocycles. The molecule has 0 aliphatic rings. The topological polar surface area (TPSA) is 99.0 Å². The SMILES string of the molecule is C/C(=C(\N=[N+]=[N-])C(=O)O)c1cccnc1Cl. The summed E-state index contributed by atoms with van der Waals surface area (Å²) in [5.41, 5.74) is 8.56. The number of aromatic nitrogens is 1. The molecule has 0 aliphatic carbocycles. The van der Waals surface area contributed by atoms with Gasteiger partial charge in [-0.2, -0.15) is 0 Å². The van der Waals surface area contributed by atoms with Crippen LogP contribution in [0.5, 0.6) is 0 Å². The third-order valence-electron chi connectivity index (χ3n) is 1.87. The number of aliphatic carboxylic acids is 1. The van der Waals surface area contributed by atoms with Crippen molar-refractivity contribution in [3.63, 3.8) is 0 Å². The average molecular weight is 239 g/mol. The number of halogens is 1. The standard InChI is InChI=1S/C9H7ClN4O2/c1-5(7(9(15)16)13-14-11)6-3-2-4-12-8(6)10/h2-4H,1H3,(H,15,16)/b7-5+. The summed E-state index contributed by atoms with van der Waals surface area (Å²) >= 11 is 5.80. The Balaban J connectivity index is 3.41. The van der Waals surface area contributed by atoms with Crippen molar-refractivity contribution < 1.29 is 9.90 Å². The fourth-order valence-electron chi connectivity index (χ4n) is 1.12. The van der Waals surface area contributed by atoms with E-state index in [4.69, 9.17) is 22.2 Å². The molecule has 7 heteroatoms. The first kappa shape index (κ1) is 12.0. The summed E-state index contributed by atoms with van der Waals surface area (Å²) in [4.78, 5) is 17.1. The monoisotopic (exact) mass is 238 g/mol. The molecule has 1 N–H and O–H groups in total. The Labute approximate surface area is 95.8 Å². The van der Waals surface area contributed by atoms with Crippen LogP contribution < -0.4 is 0 Å². The molecule has 0 radical (unpaired) electrons. The zero-order valence-electron chi connectivity index (χ0n) is 8.25. The number of rotatable bonds is 3.